The van der Waals surface area contributed by atoms with Crippen LogP contribution in [-0.4, -0.2) is 10.9 Å². The first-order valence-corrected chi connectivity index (χ1v) is 7.77. The van der Waals surface area contributed by atoms with Crippen LogP contribution in [0.1, 0.15) is 10.4 Å². The van der Waals surface area contributed by atoms with Crippen molar-refractivity contribution in [2.75, 3.05) is 11.1 Å². The highest BCUT2D eigenvalue weighted by Gasteiger charge is 2.13. The highest BCUT2D eigenvalue weighted by atomic mass is 35.5. The highest BCUT2D eigenvalue weighted by Crippen LogP contribution is 2.30. The van der Waals surface area contributed by atoms with Crippen molar-refractivity contribution in [2.24, 2.45) is 0 Å². The Balaban J connectivity index is 1.93. The van der Waals surface area contributed by atoms with E-state index in [1.165, 1.54) is 11.3 Å². The number of hydrogen-bond donors (Lipinski definition) is 2. The second-order valence-electron chi connectivity index (χ2n) is 4.55. The maximum atomic E-state index is 12.4. The quantitative estimate of drug-likeness (QED) is 0.752. The molecule has 3 N–H and O–H groups in total. The van der Waals surface area contributed by atoms with Crippen LogP contribution in [-0.2, 0) is 0 Å². The molecule has 0 aliphatic heterocycles. The number of hydrogen-bond acceptors (Lipinski definition) is 4. The summed E-state index contributed by atoms with van der Waals surface area (Å²) in [7, 11) is 0. The molecule has 0 unspecified atom stereocenters. The third-order valence-electron chi connectivity index (χ3n) is 3.09. The fraction of sp³-hybridized carbons (Fsp3) is 0. The van der Waals surface area contributed by atoms with Crippen molar-refractivity contribution in [3.8, 4) is 11.3 Å². The monoisotopic (exact) mass is 329 g/mol. The number of nitrogen functional groups attached to an aromatic ring is 1. The molecule has 0 atom stereocenters. The first-order valence-electron chi connectivity index (χ1n) is 6.51. The Morgan fingerprint density at radius 2 is 1.86 bits per heavy atom. The number of benzene rings is 2. The highest BCUT2D eigenvalue weighted by molar-refractivity contribution is 7.13. The van der Waals surface area contributed by atoms with Crippen LogP contribution in [0.2, 0.25) is 5.02 Å². The minimum Gasteiger partial charge on any atom is -0.375 e. The number of carbonyl (C=O) groups is 1. The standard InChI is InChI=1S/C16H12ClN3OS/c17-12-7-3-1-5-10(12)15(21)19-13-8-4-2-6-11(13)14-9-22-16(18)20-14/h1-9H,(H2,18,20)(H,19,21). The number of nitrogens with zero attached hydrogens (tertiary/aromatic N) is 1. The third-order valence-corrected chi connectivity index (χ3v) is 4.10. The number of thiazole rings is 1. The van der Waals surface area contributed by atoms with Gasteiger partial charge in [0.25, 0.3) is 5.91 Å². The van der Waals surface area contributed by atoms with Crippen molar-refractivity contribution in [2.45, 2.75) is 0 Å². The van der Waals surface area contributed by atoms with Crippen molar-refractivity contribution in [3.63, 3.8) is 0 Å². The summed E-state index contributed by atoms with van der Waals surface area (Å²) in [5, 5.41) is 5.63. The molecule has 1 heterocycles. The minimum atomic E-state index is -0.263. The largest absolute Gasteiger partial charge is 0.375 e. The molecular weight excluding hydrogens is 318 g/mol. The van der Waals surface area contributed by atoms with Crippen molar-refractivity contribution in [1.29, 1.82) is 0 Å². The second-order valence-corrected chi connectivity index (χ2v) is 5.85. The zero-order valence-corrected chi connectivity index (χ0v) is 13.0. The summed E-state index contributed by atoms with van der Waals surface area (Å²) >= 11 is 7.42. The summed E-state index contributed by atoms with van der Waals surface area (Å²) in [6.07, 6.45) is 0. The van der Waals surface area contributed by atoms with Crippen LogP contribution in [0.5, 0.6) is 0 Å². The first-order chi connectivity index (χ1) is 10.6. The summed E-state index contributed by atoms with van der Waals surface area (Å²) < 4.78 is 0. The summed E-state index contributed by atoms with van der Waals surface area (Å²) in [5.74, 6) is -0.263. The number of halogens is 1. The van der Waals surface area contributed by atoms with Crippen LogP contribution in [0.4, 0.5) is 10.8 Å². The summed E-state index contributed by atoms with van der Waals surface area (Å²) in [4.78, 5) is 16.6. The van der Waals surface area contributed by atoms with E-state index < -0.39 is 0 Å². The van der Waals surface area contributed by atoms with E-state index in [9.17, 15) is 4.79 Å². The Bertz CT molecular complexity index is 832. The lowest BCUT2D eigenvalue weighted by molar-refractivity contribution is 0.102. The zero-order valence-electron chi connectivity index (χ0n) is 11.4. The number of aromatic nitrogens is 1. The Labute approximate surface area is 136 Å². The topological polar surface area (TPSA) is 68.0 Å². The number of carbonyl (C=O) groups excluding carboxylic acids is 1. The van der Waals surface area contributed by atoms with E-state index in [4.69, 9.17) is 17.3 Å². The lowest BCUT2D eigenvalue weighted by Crippen LogP contribution is -2.13. The van der Waals surface area contributed by atoms with Crippen molar-refractivity contribution < 1.29 is 4.79 Å². The molecule has 1 aromatic heterocycles. The van der Waals surface area contributed by atoms with E-state index in [1.807, 2.05) is 29.6 Å². The number of amides is 1. The van der Waals surface area contributed by atoms with Gasteiger partial charge in [0.05, 0.1) is 22.0 Å². The second kappa shape index (κ2) is 6.17. The molecule has 3 aromatic rings. The zero-order chi connectivity index (χ0) is 15.5. The van der Waals surface area contributed by atoms with Crippen LogP contribution in [0.25, 0.3) is 11.3 Å². The molecular formula is C16H12ClN3OS. The van der Waals surface area contributed by atoms with E-state index >= 15 is 0 Å². The number of rotatable bonds is 3. The van der Waals surface area contributed by atoms with Gasteiger partial charge in [-0.3, -0.25) is 4.79 Å². The van der Waals surface area contributed by atoms with Gasteiger partial charge in [0.2, 0.25) is 0 Å². The van der Waals surface area contributed by atoms with E-state index in [0.717, 1.165) is 11.3 Å². The van der Waals surface area contributed by atoms with Gasteiger partial charge in [-0.25, -0.2) is 4.98 Å². The Morgan fingerprint density at radius 3 is 2.59 bits per heavy atom. The van der Waals surface area contributed by atoms with Crippen molar-refractivity contribution >= 4 is 39.7 Å². The molecule has 110 valence electrons. The van der Waals surface area contributed by atoms with Crippen LogP contribution < -0.4 is 11.1 Å². The van der Waals surface area contributed by atoms with E-state index in [1.54, 1.807) is 24.3 Å². The van der Waals surface area contributed by atoms with Gasteiger partial charge in [0, 0.05) is 10.9 Å². The predicted octanol–water partition coefficient (Wildman–Crippen LogP) is 4.30. The lowest BCUT2D eigenvalue weighted by atomic mass is 10.1. The molecule has 0 aliphatic rings. The average molecular weight is 330 g/mol. The average Bonchev–Trinajstić information content (AvgIpc) is 2.94. The van der Waals surface area contributed by atoms with Crippen LogP contribution in [0, 0.1) is 0 Å². The van der Waals surface area contributed by atoms with Gasteiger partial charge in [-0.15, -0.1) is 11.3 Å². The molecule has 2 aromatic carbocycles. The summed E-state index contributed by atoms with van der Waals surface area (Å²) in [6, 6.07) is 14.4. The van der Waals surface area contributed by atoms with Crippen molar-refractivity contribution in [3.05, 3.63) is 64.5 Å². The first kappa shape index (κ1) is 14.6. The molecule has 0 saturated heterocycles. The van der Waals surface area contributed by atoms with E-state index in [2.05, 4.69) is 10.3 Å². The summed E-state index contributed by atoms with van der Waals surface area (Å²) in [6.45, 7) is 0. The third kappa shape index (κ3) is 2.95. The number of para-hydroxylation sites is 1. The van der Waals surface area contributed by atoms with Gasteiger partial charge < -0.3 is 11.1 Å². The number of nitrogens with two attached hydrogens (primary N) is 1. The van der Waals surface area contributed by atoms with Gasteiger partial charge in [0.1, 0.15) is 0 Å². The Morgan fingerprint density at radius 1 is 1.14 bits per heavy atom. The molecule has 0 bridgehead atoms. The van der Waals surface area contributed by atoms with Gasteiger partial charge in [-0.2, -0.15) is 0 Å². The van der Waals surface area contributed by atoms with E-state index in [-0.39, 0.29) is 5.91 Å². The molecule has 4 nitrogen and oxygen atoms in total. The number of nitrogens with one attached hydrogen (secondary N) is 1. The van der Waals surface area contributed by atoms with Gasteiger partial charge in [-0.05, 0) is 18.2 Å². The van der Waals surface area contributed by atoms with Crippen LogP contribution >= 0.6 is 22.9 Å². The fourth-order valence-electron chi connectivity index (χ4n) is 2.06. The molecule has 0 aliphatic carbocycles. The molecule has 1 amide bonds. The maximum absolute atomic E-state index is 12.4. The predicted molar refractivity (Wildman–Crippen MR) is 91.4 cm³/mol. The Kier molecular flexibility index (Phi) is 4.09. The fourth-order valence-corrected chi connectivity index (χ4v) is 2.85. The molecule has 3 rings (SSSR count). The van der Waals surface area contributed by atoms with Gasteiger partial charge in [0.15, 0.2) is 5.13 Å². The molecule has 0 radical (unpaired) electrons. The molecule has 0 saturated carbocycles. The lowest BCUT2D eigenvalue weighted by Gasteiger charge is -2.10. The van der Waals surface area contributed by atoms with Crippen molar-refractivity contribution in [1.82, 2.24) is 4.98 Å². The number of anilines is 2. The smallest absolute Gasteiger partial charge is 0.257 e. The normalized spacial score (nSPS) is 10.4. The molecule has 0 fully saturated rings. The molecule has 6 heteroatoms. The van der Waals surface area contributed by atoms with Gasteiger partial charge >= 0.3 is 0 Å². The Hall–Kier alpha value is -2.37. The minimum absolute atomic E-state index is 0.263. The SMILES string of the molecule is Nc1nc(-c2ccccc2NC(=O)c2ccccc2Cl)cs1. The van der Waals surface area contributed by atoms with Gasteiger partial charge in [-0.1, -0.05) is 41.9 Å². The van der Waals surface area contributed by atoms with Crippen LogP contribution in [0.3, 0.4) is 0 Å². The molecule has 22 heavy (non-hydrogen) atoms. The van der Waals surface area contributed by atoms with E-state index in [0.29, 0.717) is 21.4 Å². The maximum Gasteiger partial charge on any atom is 0.257 e. The summed E-state index contributed by atoms with van der Waals surface area (Å²) in [5.41, 5.74) is 8.32. The molecule has 0 spiro atoms. The van der Waals surface area contributed by atoms with Crippen LogP contribution in [0.15, 0.2) is 53.9 Å².